The van der Waals surface area contributed by atoms with E-state index >= 15 is 0 Å². The molecule has 0 aliphatic carbocycles. The summed E-state index contributed by atoms with van der Waals surface area (Å²) in [5.41, 5.74) is 0.882. The van der Waals surface area contributed by atoms with Gasteiger partial charge in [-0.05, 0) is 37.1 Å². The third kappa shape index (κ3) is 3.83. The summed E-state index contributed by atoms with van der Waals surface area (Å²) >= 11 is 5.98. The van der Waals surface area contributed by atoms with Gasteiger partial charge in [0.2, 0.25) is 0 Å². The highest BCUT2D eigenvalue weighted by Gasteiger charge is 2.20. The Balaban J connectivity index is 1.76. The Kier molecular flexibility index (Phi) is 5.18. The zero-order chi connectivity index (χ0) is 18.7. The molecule has 0 bridgehead atoms. The minimum atomic E-state index is -0.582. The SMILES string of the molecule is O=C(Nc1cccc(C(=O)N2CCCC2)c1)c1ccc([N+](=O)[O-])cc1Cl. The highest BCUT2D eigenvalue weighted by Crippen LogP contribution is 2.24. The van der Waals surface area contributed by atoms with Crippen molar-refractivity contribution in [3.05, 3.63) is 68.7 Å². The van der Waals surface area contributed by atoms with Gasteiger partial charge in [0.25, 0.3) is 17.5 Å². The molecular weight excluding hydrogens is 358 g/mol. The van der Waals surface area contributed by atoms with E-state index in [1.807, 2.05) is 0 Å². The fourth-order valence-electron chi connectivity index (χ4n) is 2.83. The minimum absolute atomic E-state index is 0.0130. The van der Waals surface area contributed by atoms with E-state index in [1.165, 1.54) is 12.1 Å². The highest BCUT2D eigenvalue weighted by atomic mass is 35.5. The Hall–Kier alpha value is -2.93. The van der Waals surface area contributed by atoms with Gasteiger partial charge < -0.3 is 10.2 Å². The van der Waals surface area contributed by atoms with Crippen molar-refractivity contribution < 1.29 is 14.5 Å². The second-order valence-corrected chi connectivity index (χ2v) is 6.36. The monoisotopic (exact) mass is 373 g/mol. The Bertz CT molecular complexity index is 878. The predicted octanol–water partition coefficient (Wildman–Crippen LogP) is 3.74. The van der Waals surface area contributed by atoms with Crippen LogP contribution in [0.2, 0.25) is 5.02 Å². The van der Waals surface area contributed by atoms with Gasteiger partial charge in [-0.25, -0.2) is 0 Å². The van der Waals surface area contributed by atoms with Gasteiger partial charge in [0.05, 0.1) is 15.5 Å². The summed E-state index contributed by atoms with van der Waals surface area (Å²) < 4.78 is 0. The molecule has 1 N–H and O–H groups in total. The topological polar surface area (TPSA) is 92.6 Å². The van der Waals surface area contributed by atoms with E-state index in [1.54, 1.807) is 29.2 Å². The van der Waals surface area contributed by atoms with Crippen LogP contribution in [0.3, 0.4) is 0 Å². The predicted molar refractivity (Wildman–Crippen MR) is 97.6 cm³/mol. The number of hydrogen-bond acceptors (Lipinski definition) is 4. The summed E-state index contributed by atoms with van der Waals surface area (Å²) in [5, 5.41) is 13.4. The van der Waals surface area contributed by atoms with E-state index in [-0.39, 0.29) is 22.2 Å². The van der Waals surface area contributed by atoms with Crippen LogP contribution in [0, 0.1) is 10.1 Å². The maximum absolute atomic E-state index is 12.4. The van der Waals surface area contributed by atoms with E-state index < -0.39 is 10.8 Å². The number of nitro groups is 1. The number of nitro benzene ring substituents is 1. The lowest BCUT2D eigenvalue weighted by Gasteiger charge is -2.16. The molecule has 1 fully saturated rings. The highest BCUT2D eigenvalue weighted by molar-refractivity contribution is 6.34. The molecule has 2 aromatic rings. The fourth-order valence-corrected chi connectivity index (χ4v) is 3.09. The number of anilines is 1. The summed E-state index contributed by atoms with van der Waals surface area (Å²) in [6.45, 7) is 1.49. The number of rotatable bonds is 4. The lowest BCUT2D eigenvalue weighted by atomic mass is 10.1. The Morgan fingerprint density at radius 3 is 2.50 bits per heavy atom. The normalized spacial score (nSPS) is 13.5. The van der Waals surface area contributed by atoms with E-state index in [0.717, 1.165) is 32.0 Å². The van der Waals surface area contributed by atoms with Crippen molar-refractivity contribution in [1.29, 1.82) is 0 Å². The maximum Gasteiger partial charge on any atom is 0.270 e. The summed E-state index contributed by atoms with van der Waals surface area (Å²) in [7, 11) is 0. The first-order valence-corrected chi connectivity index (χ1v) is 8.48. The zero-order valence-electron chi connectivity index (χ0n) is 13.8. The largest absolute Gasteiger partial charge is 0.339 e. The molecule has 8 heteroatoms. The third-order valence-corrected chi connectivity index (χ3v) is 4.48. The molecule has 2 aromatic carbocycles. The third-order valence-electron chi connectivity index (χ3n) is 4.17. The molecule has 0 atom stereocenters. The van der Waals surface area contributed by atoms with Gasteiger partial charge in [0, 0.05) is 36.5 Å². The molecule has 134 valence electrons. The first-order chi connectivity index (χ1) is 12.5. The van der Waals surface area contributed by atoms with Crippen LogP contribution in [0.1, 0.15) is 33.6 Å². The molecule has 3 rings (SSSR count). The van der Waals surface area contributed by atoms with Crippen LogP contribution in [0.4, 0.5) is 11.4 Å². The fraction of sp³-hybridized carbons (Fsp3) is 0.222. The van der Waals surface area contributed by atoms with Crippen LogP contribution < -0.4 is 5.32 Å². The smallest absolute Gasteiger partial charge is 0.270 e. The van der Waals surface area contributed by atoms with Crippen molar-refractivity contribution in [3.8, 4) is 0 Å². The van der Waals surface area contributed by atoms with Crippen molar-refractivity contribution in [2.75, 3.05) is 18.4 Å². The van der Waals surface area contributed by atoms with Crippen molar-refractivity contribution in [2.45, 2.75) is 12.8 Å². The number of nitrogens with one attached hydrogen (secondary N) is 1. The van der Waals surface area contributed by atoms with Crippen molar-refractivity contribution in [2.24, 2.45) is 0 Å². The van der Waals surface area contributed by atoms with Gasteiger partial charge in [0.15, 0.2) is 0 Å². The molecule has 0 saturated carbocycles. The van der Waals surface area contributed by atoms with Crippen molar-refractivity contribution in [1.82, 2.24) is 4.90 Å². The average molecular weight is 374 g/mol. The number of carbonyl (C=O) groups is 2. The van der Waals surface area contributed by atoms with Crippen LogP contribution in [0.15, 0.2) is 42.5 Å². The maximum atomic E-state index is 12.4. The van der Waals surface area contributed by atoms with Crippen LogP contribution in [-0.2, 0) is 0 Å². The van der Waals surface area contributed by atoms with Gasteiger partial charge in [0.1, 0.15) is 0 Å². The number of non-ortho nitro benzene ring substituents is 1. The van der Waals surface area contributed by atoms with Crippen molar-refractivity contribution in [3.63, 3.8) is 0 Å². The zero-order valence-corrected chi connectivity index (χ0v) is 14.5. The molecule has 0 unspecified atom stereocenters. The lowest BCUT2D eigenvalue weighted by molar-refractivity contribution is -0.384. The molecule has 7 nitrogen and oxygen atoms in total. The van der Waals surface area contributed by atoms with E-state index in [9.17, 15) is 19.7 Å². The van der Waals surface area contributed by atoms with Gasteiger partial charge in [-0.1, -0.05) is 17.7 Å². The number of halogens is 1. The standard InChI is InChI=1S/C18H16ClN3O4/c19-16-11-14(22(25)26)6-7-15(16)17(23)20-13-5-3-4-12(10-13)18(24)21-8-1-2-9-21/h3-7,10-11H,1-2,8-9H2,(H,20,23). The quantitative estimate of drug-likeness (QED) is 0.652. The molecular formula is C18H16ClN3O4. The Morgan fingerprint density at radius 2 is 1.85 bits per heavy atom. The summed E-state index contributed by atoms with van der Waals surface area (Å²) in [6, 6.07) is 10.3. The number of benzene rings is 2. The molecule has 1 heterocycles. The molecule has 1 aliphatic heterocycles. The number of nitrogens with zero attached hydrogens (tertiary/aromatic N) is 2. The summed E-state index contributed by atoms with van der Waals surface area (Å²) in [5.74, 6) is -0.567. The number of amides is 2. The second-order valence-electron chi connectivity index (χ2n) is 5.96. The number of hydrogen-bond donors (Lipinski definition) is 1. The molecule has 0 radical (unpaired) electrons. The van der Waals surface area contributed by atoms with Gasteiger partial charge in [-0.15, -0.1) is 0 Å². The molecule has 1 saturated heterocycles. The van der Waals surface area contributed by atoms with E-state index in [4.69, 9.17) is 11.6 Å². The van der Waals surface area contributed by atoms with Crippen LogP contribution in [-0.4, -0.2) is 34.7 Å². The van der Waals surface area contributed by atoms with Crippen LogP contribution in [0.5, 0.6) is 0 Å². The minimum Gasteiger partial charge on any atom is -0.339 e. The second kappa shape index (κ2) is 7.53. The van der Waals surface area contributed by atoms with Gasteiger partial charge >= 0.3 is 0 Å². The van der Waals surface area contributed by atoms with Gasteiger partial charge in [-0.3, -0.25) is 19.7 Å². The molecule has 26 heavy (non-hydrogen) atoms. The molecule has 0 spiro atoms. The van der Waals surface area contributed by atoms with E-state index in [2.05, 4.69) is 5.32 Å². The van der Waals surface area contributed by atoms with E-state index in [0.29, 0.717) is 11.3 Å². The summed E-state index contributed by atoms with van der Waals surface area (Å²) in [6.07, 6.45) is 2.00. The molecule has 0 aromatic heterocycles. The molecule has 2 amide bonds. The van der Waals surface area contributed by atoms with Crippen LogP contribution >= 0.6 is 11.6 Å². The van der Waals surface area contributed by atoms with Crippen molar-refractivity contribution >= 4 is 34.8 Å². The van der Waals surface area contributed by atoms with Crippen LogP contribution in [0.25, 0.3) is 0 Å². The average Bonchev–Trinajstić information content (AvgIpc) is 3.15. The Morgan fingerprint density at radius 1 is 1.12 bits per heavy atom. The first-order valence-electron chi connectivity index (χ1n) is 8.10. The lowest BCUT2D eigenvalue weighted by Crippen LogP contribution is -2.27. The number of likely N-dealkylation sites (tertiary alicyclic amines) is 1. The van der Waals surface area contributed by atoms with Gasteiger partial charge in [-0.2, -0.15) is 0 Å². The Labute approximate surface area is 154 Å². The number of carbonyl (C=O) groups excluding carboxylic acids is 2. The summed E-state index contributed by atoms with van der Waals surface area (Å²) in [4.78, 5) is 36.8. The molecule has 1 aliphatic rings. The first kappa shape index (κ1) is 17.9.